The van der Waals surface area contributed by atoms with Crippen molar-refractivity contribution >= 4 is 40.8 Å². The zero-order chi connectivity index (χ0) is 10.5. The SMILES string of the molecule is S=C=Nc1ccc(N2CCOSC2)cc1. The Labute approximate surface area is 98.3 Å². The van der Waals surface area contributed by atoms with Gasteiger partial charge in [0.15, 0.2) is 0 Å². The number of nitrogens with zero attached hydrogens (tertiary/aromatic N) is 2. The maximum Gasteiger partial charge on any atom is 0.0902 e. The molecule has 1 saturated heterocycles. The van der Waals surface area contributed by atoms with Crippen LogP contribution in [0, 0.1) is 0 Å². The van der Waals surface area contributed by atoms with Crippen LogP contribution in [0.3, 0.4) is 0 Å². The van der Waals surface area contributed by atoms with E-state index < -0.39 is 0 Å². The molecule has 1 aliphatic rings. The van der Waals surface area contributed by atoms with Gasteiger partial charge in [-0.15, -0.1) is 0 Å². The van der Waals surface area contributed by atoms with Gasteiger partial charge in [0.2, 0.25) is 0 Å². The molecule has 0 spiro atoms. The molecule has 0 unspecified atom stereocenters. The molecule has 78 valence electrons. The monoisotopic (exact) mass is 238 g/mol. The average Bonchev–Trinajstić information content (AvgIpc) is 2.32. The van der Waals surface area contributed by atoms with Crippen LogP contribution in [0.2, 0.25) is 0 Å². The van der Waals surface area contributed by atoms with E-state index in [9.17, 15) is 0 Å². The van der Waals surface area contributed by atoms with Crippen molar-refractivity contribution in [2.24, 2.45) is 4.99 Å². The van der Waals surface area contributed by atoms with Crippen LogP contribution in [-0.2, 0) is 4.18 Å². The molecule has 1 aliphatic heterocycles. The van der Waals surface area contributed by atoms with Crippen molar-refractivity contribution in [3.05, 3.63) is 24.3 Å². The van der Waals surface area contributed by atoms with Gasteiger partial charge in [0.25, 0.3) is 0 Å². The van der Waals surface area contributed by atoms with Crippen molar-refractivity contribution in [1.82, 2.24) is 0 Å². The number of hydrogen-bond acceptors (Lipinski definition) is 5. The highest BCUT2D eigenvalue weighted by molar-refractivity contribution is 7.94. The standard InChI is InChI=1S/C10H10N2OS2/c14-7-11-9-1-3-10(4-2-9)12-5-6-13-15-8-12/h1-4H,5-6,8H2. The summed E-state index contributed by atoms with van der Waals surface area (Å²) < 4.78 is 5.22. The Morgan fingerprint density at radius 3 is 2.80 bits per heavy atom. The van der Waals surface area contributed by atoms with Crippen molar-refractivity contribution in [1.29, 1.82) is 0 Å². The lowest BCUT2D eigenvalue weighted by atomic mass is 10.2. The Hall–Kier alpha value is -0.870. The van der Waals surface area contributed by atoms with E-state index >= 15 is 0 Å². The fourth-order valence-corrected chi connectivity index (χ4v) is 2.14. The van der Waals surface area contributed by atoms with Gasteiger partial charge in [-0.05, 0) is 36.5 Å². The van der Waals surface area contributed by atoms with Crippen LogP contribution >= 0.6 is 24.3 Å². The molecule has 1 fully saturated rings. The summed E-state index contributed by atoms with van der Waals surface area (Å²) in [6, 6.07) is 7.96. The summed E-state index contributed by atoms with van der Waals surface area (Å²) >= 11 is 6.03. The third-order valence-corrected chi connectivity index (χ3v) is 2.97. The summed E-state index contributed by atoms with van der Waals surface area (Å²) in [6.45, 7) is 1.70. The minimum absolute atomic E-state index is 0.768. The van der Waals surface area contributed by atoms with Crippen LogP contribution in [0.1, 0.15) is 0 Å². The molecular weight excluding hydrogens is 228 g/mol. The van der Waals surface area contributed by atoms with Crippen molar-refractivity contribution in [2.45, 2.75) is 0 Å². The Kier molecular flexibility index (Phi) is 3.75. The number of anilines is 1. The van der Waals surface area contributed by atoms with Gasteiger partial charge >= 0.3 is 0 Å². The van der Waals surface area contributed by atoms with Gasteiger partial charge in [0, 0.05) is 24.3 Å². The quantitative estimate of drug-likeness (QED) is 0.449. The molecule has 0 aromatic heterocycles. The molecule has 1 aromatic carbocycles. The second-order valence-corrected chi connectivity index (χ2v) is 3.96. The molecule has 15 heavy (non-hydrogen) atoms. The second-order valence-electron chi connectivity index (χ2n) is 3.05. The lowest BCUT2D eigenvalue weighted by Crippen LogP contribution is -2.30. The van der Waals surface area contributed by atoms with E-state index in [1.165, 1.54) is 17.7 Å². The van der Waals surface area contributed by atoms with Crippen LogP contribution in [0.4, 0.5) is 11.4 Å². The molecule has 5 heteroatoms. The highest BCUT2D eigenvalue weighted by atomic mass is 32.2. The first-order chi connectivity index (χ1) is 7.40. The van der Waals surface area contributed by atoms with Gasteiger partial charge in [0.05, 0.1) is 23.3 Å². The Bertz CT molecular complexity index is 368. The smallest absolute Gasteiger partial charge is 0.0902 e. The molecule has 2 rings (SSSR count). The minimum atomic E-state index is 0.768. The summed E-state index contributed by atoms with van der Waals surface area (Å²) in [7, 11) is 0. The second kappa shape index (κ2) is 5.28. The van der Waals surface area contributed by atoms with Crippen molar-refractivity contribution in [2.75, 3.05) is 23.9 Å². The van der Waals surface area contributed by atoms with Crippen molar-refractivity contribution in [3.8, 4) is 0 Å². The van der Waals surface area contributed by atoms with E-state index in [1.807, 2.05) is 24.3 Å². The molecule has 0 bridgehead atoms. The zero-order valence-electron chi connectivity index (χ0n) is 8.05. The van der Waals surface area contributed by atoms with Crippen LogP contribution < -0.4 is 4.90 Å². The number of rotatable bonds is 2. The van der Waals surface area contributed by atoms with Gasteiger partial charge < -0.3 is 9.08 Å². The lowest BCUT2D eigenvalue weighted by Gasteiger charge is -2.27. The third kappa shape index (κ3) is 2.79. The molecule has 0 N–H and O–H groups in total. The van der Waals surface area contributed by atoms with E-state index in [1.54, 1.807) is 0 Å². The molecule has 0 atom stereocenters. The number of isothiocyanates is 1. The molecule has 3 nitrogen and oxygen atoms in total. The average molecular weight is 238 g/mol. The highest BCUT2D eigenvalue weighted by Crippen LogP contribution is 2.23. The van der Waals surface area contributed by atoms with Crippen molar-refractivity contribution < 1.29 is 4.18 Å². The molecule has 1 heterocycles. The van der Waals surface area contributed by atoms with Gasteiger partial charge in [-0.3, -0.25) is 0 Å². The predicted octanol–water partition coefficient (Wildman–Crippen LogP) is 2.86. The van der Waals surface area contributed by atoms with E-state index in [0.717, 1.165) is 24.7 Å². The molecular formula is C10H10N2OS2. The van der Waals surface area contributed by atoms with Gasteiger partial charge in [-0.2, -0.15) is 4.99 Å². The van der Waals surface area contributed by atoms with Crippen LogP contribution in [0.5, 0.6) is 0 Å². The molecule has 0 aliphatic carbocycles. The zero-order valence-corrected chi connectivity index (χ0v) is 9.68. The first kappa shape index (κ1) is 10.6. The van der Waals surface area contributed by atoms with Crippen molar-refractivity contribution in [3.63, 3.8) is 0 Å². The number of thiocarbonyl (C=S) groups is 1. The maximum atomic E-state index is 5.22. The van der Waals surface area contributed by atoms with E-state index in [4.69, 9.17) is 4.18 Å². The molecule has 0 radical (unpaired) electrons. The Morgan fingerprint density at radius 1 is 1.40 bits per heavy atom. The normalized spacial score (nSPS) is 15.9. The summed E-state index contributed by atoms with van der Waals surface area (Å²) in [5.41, 5.74) is 2.03. The Morgan fingerprint density at radius 2 is 2.20 bits per heavy atom. The number of hydrogen-bond donors (Lipinski definition) is 0. The molecule has 0 saturated carbocycles. The van der Waals surface area contributed by atoms with E-state index in [-0.39, 0.29) is 0 Å². The summed E-state index contributed by atoms with van der Waals surface area (Å²) in [4.78, 5) is 6.17. The fraction of sp³-hybridized carbons (Fsp3) is 0.300. The third-order valence-electron chi connectivity index (χ3n) is 2.13. The van der Waals surface area contributed by atoms with Crippen LogP contribution in [0.15, 0.2) is 29.3 Å². The molecule has 1 aromatic rings. The minimum Gasteiger partial charge on any atom is -0.358 e. The summed E-state index contributed by atoms with van der Waals surface area (Å²) in [5.74, 6) is 0.871. The van der Waals surface area contributed by atoms with Crippen LogP contribution in [-0.4, -0.2) is 24.2 Å². The number of aliphatic imine (C=N–C) groups is 1. The number of benzene rings is 1. The maximum absolute atomic E-state index is 5.22. The Balaban J connectivity index is 2.11. The van der Waals surface area contributed by atoms with Crippen LogP contribution in [0.25, 0.3) is 0 Å². The highest BCUT2D eigenvalue weighted by Gasteiger charge is 2.11. The van der Waals surface area contributed by atoms with E-state index in [2.05, 4.69) is 27.3 Å². The topological polar surface area (TPSA) is 24.8 Å². The van der Waals surface area contributed by atoms with E-state index in [0.29, 0.717) is 0 Å². The van der Waals surface area contributed by atoms with Gasteiger partial charge in [-0.1, -0.05) is 0 Å². The largest absolute Gasteiger partial charge is 0.358 e. The summed E-state index contributed by atoms with van der Waals surface area (Å²) in [6.07, 6.45) is 0. The van der Waals surface area contributed by atoms with Gasteiger partial charge in [0.1, 0.15) is 0 Å². The predicted molar refractivity (Wildman–Crippen MR) is 66.9 cm³/mol. The first-order valence-electron chi connectivity index (χ1n) is 4.57. The lowest BCUT2D eigenvalue weighted by molar-refractivity contribution is 0.367. The summed E-state index contributed by atoms with van der Waals surface area (Å²) in [5, 5.41) is 2.35. The first-order valence-corrected chi connectivity index (χ1v) is 5.89. The van der Waals surface area contributed by atoms with Gasteiger partial charge in [-0.25, -0.2) is 0 Å². The fourth-order valence-electron chi connectivity index (χ4n) is 1.37. The molecule has 0 amide bonds.